The van der Waals surface area contributed by atoms with E-state index in [0.29, 0.717) is 25.1 Å². The average Bonchev–Trinajstić information content (AvgIpc) is 2.64. The molecule has 3 rings (SSSR count). The number of β-amino-alcohol motifs (C(OH)–C–C–N with tert-alkyl or cyclic N) is 1. The number of aryl methyl sites for hydroxylation is 1. The molecule has 3 amide bonds. The number of pyridine rings is 1. The molecule has 150 valence electrons. The Morgan fingerprint density at radius 1 is 1.25 bits per heavy atom. The van der Waals surface area contributed by atoms with Gasteiger partial charge in [0, 0.05) is 39.4 Å². The van der Waals surface area contributed by atoms with Gasteiger partial charge in [-0.15, -0.1) is 0 Å². The molecule has 1 aromatic heterocycles. The van der Waals surface area contributed by atoms with Gasteiger partial charge in [0.2, 0.25) is 5.91 Å². The van der Waals surface area contributed by atoms with Crippen molar-refractivity contribution in [2.75, 3.05) is 32.5 Å². The fourth-order valence-electron chi connectivity index (χ4n) is 3.52. The van der Waals surface area contributed by atoms with E-state index in [1.807, 2.05) is 6.07 Å². The van der Waals surface area contributed by atoms with E-state index < -0.39 is 5.60 Å². The smallest absolute Gasteiger partial charge is 0.321 e. The predicted molar refractivity (Wildman–Crippen MR) is 107 cm³/mol. The Balaban J connectivity index is 1.74. The number of piperidine rings is 1. The van der Waals surface area contributed by atoms with Crippen molar-refractivity contribution in [1.29, 1.82) is 0 Å². The van der Waals surface area contributed by atoms with Gasteiger partial charge >= 0.3 is 6.03 Å². The lowest BCUT2D eigenvalue weighted by atomic mass is 9.89. The zero-order valence-corrected chi connectivity index (χ0v) is 16.4. The first kappa shape index (κ1) is 19.9. The van der Waals surface area contributed by atoms with Gasteiger partial charge in [0.25, 0.3) is 5.56 Å². The van der Waals surface area contributed by atoms with Crippen LogP contribution in [0, 0.1) is 0 Å². The molecule has 1 aliphatic rings. The standard InChI is InChI=1S/C20H26N4O4/c1-22(2)18(26)12-20(28)9-4-10-24(13-20)19(27)21-15-7-5-14-6-8-17(25)23(3)16(14)11-15/h5-8,11,28H,4,9-10,12-13H2,1-3H3,(H,21,27). The van der Waals surface area contributed by atoms with Crippen LogP contribution in [0.5, 0.6) is 0 Å². The normalized spacial score (nSPS) is 19.5. The monoisotopic (exact) mass is 386 g/mol. The van der Waals surface area contributed by atoms with Crippen molar-refractivity contribution in [2.45, 2.75) is 24.9 Å². The van der Waals surface area contributed by atoms with Crippen molar-refractivity contribution in [1.82, 2.24) is 14.4 Å². The maximum Gasteiger partial charge on any atom is 0.321 e. The summed E-state index contributed by atoms with van der Waals surface area (Å²) < 4.78 is 1.53. The third kappa shape index (κ3) is 4.17. The molecule has 0 radical (unpaired) electrons. The largest absolute Gasteiger partial charge is 0.387 e. The van der Waals surface area contributed by atoms with Crippen molar-refractivity contribution in [3.63, 3.8) is 0 Å². The van der Waals surface area contributed by atoms with Crippen molar-refractivity contribution < 1.29 is 14.7 Å². The molecule has 1 fully saturated rings. The highest BCUT2D eigenvalue weighted by Crippen LogP contribution is 2.26. The van der Waals surface area contributed by atoms with Gasteiger partial charge in [-0.05, 0) is 36.4 Å². The van der Waals surface area contributed by atoms with Crippen LogP contribution in [-0.4, -0.2) is 64.2 Å². The van der Waals surface area contributed by atoms with Crippen LogP contribution in [0.2, 0.25) is 0 Å². The summed E-state index contributed by atoms with van der Waals surface area (Å²) in [6.07, 6.45) is 1.09. The first-order chi connectivity index (χ1) is 13.2. The minimum absolute atomic E-state index is 0.0120. The molecule has 1 unspecified atom stereocenters. The quantitative estimate of drug-likeness (QED) is 0.833. The van der Waals surface area contributed by atoms with Crippen LogP contribution in [0.3, 0.4) is 0 Å². The van der Waals surface area contributed by atoms with Crippen LogP contribution >= 0.6 is 0 Å². The molecule has 0 saturated carbocycles. The Morgan fingerprint density at radius 2 is 1.96 bits per heavy atom. The maximum atomic E-state index is 12.7. The molecule has 1 saturated heterocycles. The van der Waals surface area contributed by atoms with Crippen molar-refractivity contribution in [2.24, 2.45) is 7.05 Å². The molecule has 0 aliphatic carbocycles. The van der Waals surface area contributed by atoms with Gasteiger partial charge in [-0.25, -0.2) is 4.79 Å². The van der Waals surface area contributed by atoms with Gasteiger partial charge in [0.15, 0.2) is 0 Å². The van der Waals surface area contributed by atoms with Crippen LogP contribution in [0.4, 0.5) is 10.5 Å². The molecule has 2 N–H and O–H groups in total. The summed E-state index contributed by atoms with van der Waals surface area (Å²) in [5.74, 6) is -0.166. The average molecular weight is 386 g/mol. The number of urea groups is 1. The number of aromatic nitrogens is 1. The van der Waals surface area contributed by atoms with Gasteiger partial charge in [-0.2, -0.15) is 0 Å². The molecular weight excluding hydrogens is 360 g/mol. The molecule has 1 aromatic carbocycles. The van der Waals surface area contributed by atoms with Gasteiger partial charge in [0.05, 0.1) is 24.1 Å². The Bertz CT molecular complexity index is 968. The Morgan fingerprint density at radius 3 is 2.68 bits per heavy atom. The number of carbonyl (C=O) groups is 2. The van der Waals surface area contributed by atoms with Crippen LogP contribution in [0.15, 0.2) is 35.1 Å². The lowest BCUT2D eigenvalue weighted by Crippen LogP contribution is -2.53. The number of amides is 3. The summed E-state index contributed by atoms with van der Waals surface area (Å²) in [4.78, 5) is 39.5. The lowest BCUT2D eigenvalue weighted by Gasteiger charge is -2.39. The zero-order chi connectivity index (χ0) is 20.5. The van der Waals surface area contributed by atoms with E-state index in [1.165, 1.54) is 20.4 Å². The number of fused-ring (bicyclic) bond motifs is 1. The molecule has 8 heteroatoms. The van der Waals surface area contributed by atoms with E-state index >= 15 is 0 Å². The highest BCUT2D eigenvalue weighted by Gasteiger charge is 2.37. The number of hydrogen-bond acceptors (Lipinski definition) is 4. The van der Waals surface area contributed by atoms with E-state index in [0.717, 1.165) is 10.9 Å². The number of likely N-dealkylation sites (tertiary alicyclic amines) is 1. The third-order valence-electron chi connectivity index (χ3n) is 5.20. The molecule has 1 aliphatic heterocycles. The number of nitrogens with zero attached hydrogens (tertiary/aromatic N) is 3. The maximum absolute atomic E-state index is 12.7. The minimum Gasteiger partial charge on any atom is -0.387 e. The van der Waals surface area contributed by atoms with Crippen molar-refractivity contribution >= 4 is 28.5 Å². The second kappa shape index (κ2) is 7.63. The van der Waals surface area contributed by atoms with Gasteiger partial charge < -0.3 is 24.8 Å². The zero-order valence-electron chi connectivity index (χ0n) is 16.4. The van der Waals surface area contributed by atoms with Crippen LogP contribution in [-0.2, 0) is 11.8 Å². The molecule has 2 aromatic rings. The molecular formula is C20H26N4O4. The van der Waals surface area contributed by atoms with E-state index in [2.05, 4.69) is 5.32 Å². The topological polar surface area (TPSA) is 94.9 Å². The van der Waals surface area contributed by atoms with Crippen LogP contribution in [0.25, 0.3) is 10.9 Å². The number of aliphatic hydroxyl groups is 1. The molecule has 8 nitrogen and oxygen atoms in total. The summed E-state index contributed by atoms with van der Waals surface area (Å²) >= 11 is 0. The molecule has 1 atom stereocenters. The summed E-state index contributed by atoms with van der Waals surface area (Å²) in [5, 5.41) is 14.5. The second-order valence-corrected chi connectivity index (χ2v) is 7.65. The van der Waals surface area contributed by atoms with Crippen molar-refractivity contribution in [3.05, 3.63) is 40.7 Å². The Labute approximate surface area is 163 Å². The van der Waals surface area contributed by atoms with E-state index in [9.17, 15) is 19.5 Å². The van der Waals surface area contributed by atoms with Crippen molar-refractivity contribution in [3.8, 4) is 0 Å². The summed E-state index contributed by atoms with van der Waals surface area (Å²) in [6, 6.07) is 8.28. The third-order valence-corrected chi connectivity index (χ3v) is 5.20. The van der Waals surface area contributed by atoms with Crippen LogP contribution < -0.4 is 10.9 Å². The number of carbonyl (C=O) groups excluding carboxylic acids is 2. The van der Waals surface area contributed by atoms with Gasteiger partial charge in [0.1, 0.15) is 0 Å². The molecule has 0 spiro atoms. The van der Waals surface area contributed by atoms with Gasteiger partial charge in [-0.1, -0.05) is 6.07 Å². The lowest BCUT2D eigenvalue weighted by molar-refractivity contribution is -0.135. The van der Waals surface area contributed by atoms with Gasteiger partial charge in [-0.3, -0.25) is 9.59 Å². The Kier molecular flexibility index (Phi) is 5.42. The fourth-order valence-corrected chi connectivity index (χ4v) is 3.52. The SMILES string of the molecule is CN(C)C(=O)CC1(O)CCCN(C(=O)Nc2ccc3ccc(=O)n(C)c3c2)C1. The number of hydrogen-bond donors (Lipinski definition) is 2. The van der Waals surface area contributed by atoms with E-state index in [1.54, 1.807) is 39.3 Å². The summed E-state index contributed by atoms with van der Waals surface area (Å²) in [7, 11) is 4.97. The summed E-state index contributed by atoms with van der Waals surface area (Å²) in [5.41, 5.74) is -0.0543. The molecule has 2 heterocycles. The second-order valence-electron chi connectivity index (χ2n) is 7.65. The highest BCUT2D eigenvalue weighted by molar-refractivity contribution is 5.92. The number of benzene rings is 1. The molecule has 0 bridgehead atoms. The molecule has 28 heavy (non-hydrogen) atoms. The predicted octanol–water partition coefficient (Wildman–Crippen LogP) is 1.38. The number of nitrogens with one attached hydrogen (secondary N) is 1. The highest BCUT2D eigenvalue weighted by atomic mass is 16.3. The number of anilines is 1. The fraction of sp³-hybridized carbons (Fsp3) is 0.450. The van der Waals surface area contributed by atoms with E-state index in [-0.39, 0.29) is 30.5 Å². The summed E-state index contributed by atoms with van der Waals surface area (Å²) in [6.45, 7) is 0.612. The first-order valence-electron chi connectivity index (χ1n) is 9.27. The first-order valence-corrected chi connectivity index (χ1v) is 9.27. The number of rotatable bonds is 3. The van der Waals surface area contributed by atoms with Crippen LogP contribution in [0.1, 0.15) is 19.3 Å². The minimum atomic E-state index is -1.22. The Hall–Kier alpha value is -2.87. The van der Waals surface area contributed by atoms with E-state index in [4.69, 9.17) is 0 Å².